The van der Waals surface area contributed by atoms with Crippen molar-refractivity contribution in [1.29, 1.82) is 0 Å². The summed E-state index contributed by atoms with van der Waals surface area (Å²) in [5.41, 5.74) is 3.12. The van der Waals surface area contributed by atoms with Gasteiger partial charge in [-0.2, -0.15) is 5.10 Å². The summed E-state index contributed by atoms with van der Waals surface area (Å²) in [7, 11) is -3.27. The molecule has 0 N–H and O–H groups in total. The van der Waals surface area contributed by atoms with Crippen LogP contribution >= 0.6 is 0 Å². The molecule has 0 saturated carbocycles. The molecule has 3 rings (SSSR count). The van der Waals surface area contributed by atoms with Gasteiger partial charge in [-0.15, -0.1) is 0 Å². The first kappa shape index (κ1) is 19.5. The SMILES string of the molecule is CS(=O)(=O)c1ccc(-c2cc(/C=C\CC[N+](=O)[O-])nn2-c2ccccc2)cc1. The lowest BCUT2D eigenvalue weighted by atomic mass is 10.1. The van der Waals surface area contributed by atoms with Crippen LogP contribution in [0.5, 0.6) is 0 Å². The van der Waals surface area contributed by atoms with Crippen LogP contribution in [-0.4, -0.2) is 35.9 Å². The Kier molecular flexibility index (Phi) is 5.70. The summed E-state index contributed by atoms with van der Waals surface area (Å²) in [6.45, 7) is -0.129. The highest BCUT2D eigenvalue weighted by Gasteiger charge is 2.12. The summed E-state index contributed by atoms with van der Waals surface area (Å²) in [4.78, 5) is 10.3. The highest BCUT2D eigenvalue weighted by molar-refractivity contribution is 7.90. The minimum atomic E-state index is -3.27. The van der Waals surface area contributed by atoms with Gasteiger partial charge in [0.15, 0.2) is 9.84 Å². The van der Waals surface area contributed by atoms with E-state index in [0.717, 1.165) is 16.9 Å². The van der Waals surface area contributed by atoms with Crippen molar-refractivity contribution in [2.24, 2.45) is 0 Å². The van der Waals surface area contributed by atoms with E-state index in [1.54, 1.807) is 41.1 Å². The molecule has 3 aromatic rings. The Morgan fingerprint density at radius 2 is 1.79 bits per heavy atom. The van der Waals surface area contributed by atoms with Crippen molar-refractivity contribution >= 4 is 15.9 Å². The van der Waals surface area contributed by atoms with Crippen LogP contribution < -0.4 is 0 Å². The maximum atomic E-state index is 11.7. The highest BCUT2D eigenvalue weighted by Crippen LogP contribution is 2.26. The largest absolute Gasteiger partial charge is 0.265 e. The molecule has 144 valence electrons. The molecule has 8 heteroatoms. The predicted molar refractivity (Wildman–Crippen MR) is 108 cm³/mol. The van der Waals surface area contributed by atoms with Gasteiger partial charge in [-0.05, 0) is 36.4 Å². The normalized spacial score (nSPS) is 11.8. The molecule has 2 aromatic carbocycles. The standard InChI is InChI=1S/C20H19N3O4S/c1-28(26,27)19-12-10-16(11-13-19)20-15-17(7-5-6-14-22(24)25)21-23(20)18-8-3-2-4-9-18/h2-5,7-13,15H,6,14H2,1H3/b7-5-. The molecule has 0 bridgehead atoms. The van der Waals surface area contributed by atoms with E-state index < -0.39 is 9.84 Å². The molecule has 0 atom stereocenters. The zero-order chi connectivity index (χ0) is 20.1. The van der Waals surface area contributed by atoms with Gasteiger partial charge in [0.2, 0.25) is 6.54 Å². The predicted octanol–water partition coefficient (Wildman–Crippen LogP) is 3.62. The Morgan fingerprint density at radius 3 is 2.39 bits per heavy atom. The van der Waals surface area contributed by atoms with Crippen molar-refractivity contribution in [3.8, 4) is 16.9 Å². The number of aromatic nitrogens is 2. The molecule has 7 nitrogen and oxygen atoms in total. The topological polar surface area (TPSA) is 95.1 Å². The summed E-state index contributed by atoms with van der Waals surface area (Å²) >= 11 is 0. The van der Waals surface area contributed by atoms with Crippen LogP contribution in [0.4, 0.5) is 0 Å². The molecule has 0 fully saturated rings. The molecule has 0 aliphatic rings. The fraction of sp³-hybridized carbons (Fsp3) is 0.150. The second-order valence-electron chi connectivity index (χ2n) is 6.25. The molecule has 0 aliphatic carbocycles. The maximum Gasteiger partial charge on any atom is 0.207 e. The first-order valence-electron chi connectivity index (χ1n) is 8.59. The number of nitrogens with zero attached hydrogens (tertiary/aromatic N) is 3. The van der Waals surface area contributed by atoms with E-state index in [1.165, 1.54) is 6.26 Å². The second-order valence-corrected chi connectivity index (χ2v) is 8.26. The highest BCUT2D eigenvalue weighted by atomic mass is 32.2. The minimum absolute atomic E-state index is 0.129. The first-order chi connectivity index (χ1) is 13.3. The Balaban J connectivity index is 2.00. The number of hydrogen-bond donors (Lipinski definition) is 0. The van der Waals surface area contributed by atoms with E-state index in [2.05, 4.69) is 5.10 Å². The summed E-state index contributed by atoms with van der Waals surface area (Å²) in [6.07, 6.45) is 4.96. The lowest BCUT2D eigenvalue weighted by Gasteiger charge is -2.08. The zero-order valence-corrected chi connectivity index (χ0v) is 16.0. The molecule has 0 spiro atoms. The lowest BCUT2D eigenvalue weighted by molar-refractivity contribution is -0.478. The third kappa shape index (κ3) is 4.72. The van der Waals surface area contributed by atoms with E-state index in [4.69, 9.17) is 0 Å². The van der Waals surface area contributed by atoms with E-state index in [1.807, 2.05) is 36.4 Å². The number of rotatable bonds is 7. The van der Waals surface area contributed by atoms with Gasteiger partial charge < -0.3 is 0 Å². The fourth-order valence-corrected chi connectivity index (χ4v) is 3.34. The number of sulfone groups is 1. The van der Waals surface area contributed by atoms with Gasteiger partial charge in [-0.3, -0.25) is 10.1 Å². The number of hydrogen-bond acceptors (Lipinski definition) is 5. The van der Waals surface area contributed by atoms with Gasteiger partial charge >= 0.3 is 0 Å². The van der Waals surface area contributed by atoms with Gasteiger partial charge in [0, 0.05) is 23.2 Å². The molecule has 0 radical (unpaired) electrons. The van der Waals surface area contributed by atoms with Gasteiger partial charge in [0.1, 0.15) is 0 Å². The molecule has 0 saturated heterocycles. The Bertz CT molecular complexity index is 1100. The van der Waals surface area contributed by atoms with Crippen LogP contribution in [0.3, 0.4) is 0 Å². The van der Waals surface area contributed by atoms with Gasteiger partial charge in [-0.25, -0.2) is 13.1 Å². The summed E-state index contributed by atoms with van der Waals surface area (Å²) in [5, 5.41) is 15.0. The number of benzene rings is 2. The molecule has 28 heavy (non-hydrogen) atoms. The van der Waals surface area contributed by atoms with Gasteiger partial charge in [0.25, 0.3) is 0 Å². The molecule has 1 heterocycles. The van der Waals surface area contributed by atoms with E-state index >= 15 is 0 Å². The first-order valence-corrected chi connectivity index (χ1v) is 10.5. The van der Waals surface area contributed by atoms with Crippen LogP contribution in [0.25, 0.3) is 23.0 Å². The molecular weight excluding hydrogens is 378 g/mol. The number of para-hydroxylation sites is 1. The van der Waals surface area contributed by atoms with Crippen molar-refractivity contribution in [2.45, 2.75) is 11.3 Å². The van der Waals surface area contributed by atoms with Gasteiger partial charge in [-0.1, -0.05) is 36.4 Å². The monoisotopic (exact) mass is 397 g/mol. The molecule has 0 unspecified atom stereocenters. The molecular formula is C20H19N3O4S. The molecule has 1 aromatic heterocycles. The van der Waals surface area contributed by atoms with Gasteiger partial charge in [0.05, 0.1) is 22.0 Å². The van der Waals surface area contributed by atoms with Crippen molar-refractivity contribution in [3.63, 3.8) is 0 Å². The van der Waals surface area contributed by atoms with Crippen LogP contribution in [0, 0.1) is 10.1 Å². The smallest absolute Gasteiger partial charge is 0.207 e. The average Bonchev–Trinajstić information content (AvgIpc) is 3.09. The molecule has 0 amide bonds. The second kappa shape index (κ2) is 8.18. The van der Waals surface area contributed by atoms with Crippen molar-refractivity contribution in [3.05, 3.63) is 82.5 Å². The number of nitro groups is 1. The van der Waals surface area contributed by atoms with Crippen molar-refractivity contribution in [2.75, 3.05) is 12.8 Å². The fourth-order valence-electron chi connectivity index (χ4n) is 2.71. The summed E-state index contributed by atoms with van der Waals surface area (Å²) < 4.78 is 25.2. The average molecular weight is 397 g/mol. The van der Waals surface area contributed by atoms with E-state index in [-0.39, 0.29) is 16.4 Å². The lowest BCUT2D eigenvalue weighted by Crippen LogP contribution is -2.00. The van der Waals surface area contributed by atoms with Crippen LogP contribution in [0.2, 0.25) is 0 Å². The summed E-state index contributed by atoms with van der Waals surface area (Å²) in [5.74, 6) is 0. The molecule has 0 aliphatic heterocycles. The van der Waals surface area contributed by atoms with Crippen LogP contribution in [-0.2, 0) is 9.84 Å². The minimum Gasteiger partial charge on any atom is -0.265 e. The Labute approximate surface area is 163 Å². The van der Waals surface area contributed by atoms with E-state index in [9.17, 15) is 18.5 Å². The maximum absolute atomic E-state index is 11.7. The Morgan fingerprint density at radius 1 is 1.11 bits per heavy atom. The van der Waals surface area contributed by atoms with Crippen LogP contribution in [0.1, 0.15) is 12.1 Å². The van der Waals surface area contributed by atoms with Crippen molar-refractivity contribution in [1.82, 2.24) is 9.78 Å². The van der Waals surface area contributed by atoms with Crippen LogP contribution in [0.15, 0.2) is 71.6 Å². The summed E-state index contributed by atoms with van der Waals surface area (Å²) in [6, 6.07) is 18.0. The third-order valence-electron chi connectivity index (χ3n) is 4.07. The Hall–Kier alpha value is -3.26. The quantitative estimate of drug-likeness (QED) is 0.448. The van der Waals surface area contributed by atoms with E-state index in [0.29, 0.717) is 12.1 Å². The third-order valence-corrected chi connectivity index (χ3v) is 5.20. The zero-order valence-electron chi connectivity index (χ0n) is 15.2. The van der Waals surface area contributed by atoms with Crippen molar-refractivity contribution < 1.29 is 13.3 Å².